The fourth-order valence-corrected chi connectivity index (χ4v) is 2.17. The number of aryl methyl sites for hydroxylation is 1. The van der Waals surface area contributed by atoms with Crippen LogP contribution in [0.4, 0.5) is 18.0 Å². The molecule has 24 heavy (non-hydrogen) atoms. The van der Waals surface area contributed by atoms with E-state index in [4.69, 9.17) is 0 Å². The number of nitrogens with zero attached hydrogens (tertiary/aromatic N) is 1. The fraction of sp³-hybridized carbons (Fsp3) is 0.267. The van der Waals surface area contributed by atoms with Gasteiger partial charge < -0.3 is 5.32 Å². The average molecular weight is 341 g/mol. The van der Waals surface area contributed by atoms with Crippen LogP contribution >= 0.6 is 0 Å². The number of alkyl halides is 3. The molecule has 0 spiro atoms. The van der Waals surface area contributed by atoms with Gasteiger partial charge in [-0.15, -0.1) is 6.58 Å². The van der Waals surface area contributed by atoms with Crippen LogP contribution in [0.25, 0.3) is 0 Å². The molecule has 1 aliphatic heterocycles. The molecular formula is C15H14F3N3O3. The van der Waals surface area contributed by atoms with Crippen molar-refractivity contribution in [1.29, 1.82) is 0 Å². The standard InChI is InChI=1S/C15H14F3N3O3/c1-3-8-21-12(23)14(15(16,17)18,20-13(21)24)19-11(22)10-6-4-9(2)5-7-10/h3-7H,1,8H2,2H3,(H,19,22)(H,20,24)/t14-/m1/s1. The maximum atomic E-state index is 13.5. The molecular weight excluding hydrogens is 327 g/mol. The summed E-state index contributed by atoms with van der Waals surface area (Å²) in [5.41, 5.74) is -2.78. The van der Waals surface area contributed by atoms with E-state index in [2.05, 4.69) is 6.58 Å². The van der Waals surface area contributed by atoms with Crippen LogP contribution in [0.2, 0.25) is 0 Å². The third-order valence-electron chi connectivity index (χ3n) is 3.46. The van der Waals surface area contributed by atoms with Crippen molar-refractivity contribution in [3.8, 4) is 0 Å². The number of imide groups is 1. The van der Waals surface area contributed by atoms with Gasteiger partial charge in [-0.2, -0.15) is 13.2 Å². The van der Waals surface area contributed by atoms with Gasteiger partial charge in [-0.1, -0.05) is 23.8 Å². The summed E-state index contributed by atoms with van der Waals surface area (Å²) in [5, 5.41) is 3.15. The Hall–Kier alpha value is -2.84. The van der Waals surface area contributed by atoms with Crippen LogP contribution in [-0.2, 0) is 4.79 Å². The summed E-state index contributed by atoms with van der Waals surface area (Å²) >= 11 is 0. The van der Waals surface area contributed by atoms with Crippen LogP contribution in [0.1, 0.15) is 15.9 Å². The Kier molecular flexibility index (Phi) is 4.37. The Bertz CT molecular complexity index is 700. The molecule has 1 aromatic rings. The minimum Gasteiger partial charge on any atom is -0.314 e. The molecule has 1 saturated heterocycles. The summed E-state index contributed by atoms with van der Waals surface area (Å²) in [5.74, 6) is -2.75. The maximum Gasteiger partial charge on any atom is 0.440 e. The normalized spacial score (nSPS) is 20.8. The molecule has 0 aromatic heterocycles. The zero-order valence-electron chi connectivity index (χ0n) is 12.6. The lowest BCUT2D eigenvalue weighted by Gasteiger charge is -2.29. The van der Waals surface area contributed by atoms with E-state index in [1.165, 1.54) is 29.6 Å². The van der Waals surface area contributed by atoms with Gasteiger partial charge in [0, 0.05) is 12.1 Å². The molecule has 1 aromatic carbocycles. The van der Waals surface area contributed by atoms with Gasteiger partial charge in [-0.3, -0.25) is 19.8 Å². The number of halogens is 3. The number of benzene rings is 1. The predicted octanol–water partition coefficient (Wildman–Crippen LogP) is 1.72. The Morgan fingerprint density at radius 1 is 1.33 bits per heavy atom. The van der Waals surface area contributed by atoms with E-state index in [9.17, 15) is 27.6 Å². The Morgan fingerprint density at radius 2 is 1.92 bits per heavy atom. The minimum atomic E-state index is -5.23. The lowest BCUT2D eigenvalue weighted by atomic mass is 10.1. The lowest BCUT2D eigenvalue weighted by molar-refractivity contribution is -0.200. The highest BCUT2D eigenvalue weighted by Crippen LogP contribution is 2.34. The molecule has 2 rings (SSSR count). The van der Waals surface area contributed by atoms with Crippen molar-refractivity contribution in [1.82, 2.24) is 15.5 Å². The van der Waals surface area contributed by atoms with Crippen LogP contribution in [0.5, 0.6) is 0 Å². The monoisotopic (exact) mass is 341 g/mol. The molecule has 4 amide bonds. The van der Waals surface area contributed by atoms with Crippen molar-refractivity contribution in [2.45, 2.75) is 18.8 Å². The van der Waals surface area contributed by atoms with E-state index in [0.29, 0.717) is 4.90 Å². The van der Waals surface area contributed by atoms with Crippen molar-refractivity contribution in [2.24, 2.45) is 0 Å². The maximum absolute atomic E-state index is 13.5. The van der Waals surface area contributed by atoms with Gasteiger partial charge >= 0.3 is 12.2 Å². The molecule has 0 unspecified atom stereocenters. The zero-order chi connectivity index (χ0) is 18.1. The second-order valence-electron chi connectivity index (χ2n) is 5.20. The van der Waals surface area contributed by atoms with Gasteiger partial charge in [0.1, 0.15) is 0 Å². The molecule has 0 radical (unpaired) electrons. The summed E-state index contributed by atoms with van der Waals surface area (Å²) in [4.78, 5) is 36.3. The summed E-state index contributed by atoms with van der Waals surface area (Å²) in [6.07, 6.45) is -4.12. The Labute approximate surface area is 135 Å². The first kappa shape index (κ1) is 17.5. The molecule has 1 aliphatic rings. The van der Waals surface area contributed by atoms with Crippen molar-refractivity contribution in [2.75, 3.05) is 6.54 Å². The van der Waals surface area contributed by atoms with E-state index in [-0.39, 0.29) is 5.56 Å². The lowest BCUT2D eigenvalue weighted by Crippen LogP contribution is -2.69. The molecule has 6 nitrogen and oxygen atoms in total. The van der Waals surface area contributed by atoms with Crippen molar-refractivity contribution < 1.29 is 27.6 Å². The van der Waals surface area contributed by atoms with Gasteiger partial charge in [0.25, 0.3) is 17.5 Å². The van der Waals surface area contributed by atoms with Crippen LogP contribution in [0.3, 0.4) is 0 Å². The van der Waals surface area contributed by atoms with E-state index < -0.39 is 36.2 Å². The first-order chi connectivity index (χ1) is 11.1. The zero-order valence-corrected chi connectivity index (χ0v) is 12.6. The third kappa shape index (κ3) is 2.84. The average Bonchev–Trinajstić information content (AvgIpc) is 2.73. The molecule has 0 bridgehead atoms. The molecule has 0 aliphatic carbocycles. The quantitative estimate of drug-likeness (QED) is 0.647. The van der Waals surface area contributed by atoms with Crippen LogP contribution < -0.4 is 10.6 Å². The summed E-state index contributed by atoms with van der Waals surface area (Å²) in [6.45, 7) is 4.61. The number of hydrogen-bond acceptors (Lipinski definition) is 3. The van der Waals surface area contributed by atoms with Crippen LogP contribution in [0.15, 0.2) is 36.9 Å². The van der Waals surface area contributed by atoms with Crippen molar-refractivity contribution >= 4 is 17.8 Å². The van der Waals surface area contributed by atoms with E-state index in [1.54, 1.807) is 12.2 Å². The van der Waals surface area contributed by atoms with E-state index in [1.807, 2.05) is 0 Å². The minimum absolute atomic E-state index is 0.0755. The first-order valence-electron chi connectivity index (χ1n) is 6.83. The second kappa shape index (κ2) is 5.99. The fourth-order valence-electron chi connectivity index (χ4n) is 2.17. The largest absolute Gasteiger partial charge is 0.440 e. The highest BCUT2D eigenvalue weighted by atomic mass is 19.4. The number of urea groups is 1. The number of rotatable bonds is 4. The van der Waals surface area contributed by atoms with E-state index >= 15 is 0 Å². The molecule has 9 heteroatoms. The smallest absolute Gasteiger partial charge is 0.314 e. The number of carbonyl (C=O) groups is 3. The molecule has 1 heterocycles. The van der Waals surface area contributed by atoms with Gasteiger partial charge in [-0.05, 0) is 19.1 Å². The number of carbonyl (C=O) groups excluding carboxylic acids is 3. The Balaban J connectivity index is 2.38. The van der Waals surface area contributed by atoms with Crippen LogP contribution in [-0.4, -0.2) is 41.1 Å². The Morgan fingerprint density at radius 3 is 2.42 bits per heavy atom. The second-order valence-corrected chi connectivity index (χ2v) is 5.20. The molecule has 2 N–H and O–H groups in total. The van der Waals surface area contributed by atoms with Crippen LogP contribution in [0, 0.1) is 6.92 Å². The topological polar surface area (TPSA) is 78.5 Å². The molecule has 1 atom stereocenters. The summed E-state index contributed by atoms with van der Waals surface area (Å²) in [7, 11) is 0. The summed E-state index contributed by atoms with van der Waals surface area (Å²) in [6, 6.07) is 4.44. The number of amides is 4. The van der Waals surface area contributed by atoms with Gasteiger partial charge in [0.2, 0.25) is 0 Å². The molecule has 0 saturated carbocycles. The van der Waals surface area contributed by atoms with Gasteiger partial charge in [0.05, 0.1) is 0 Å². The number of hydrogen-bond donors (Lipinski definition) is 2. The van der Waals surface area contributed by atoms with Crippen molar-refractivity contribution in [3.05, 3.63) is 48.0 Å². The first-order valence-corrected chi connectivity index (χ1v) is 6.83. The molecule has 128 valence electrons. The summed E-state index contributed by atoms with van der Waals surface area (Å²) < 4.78 is 40.5. The van der Waals surface area contributed by atoms with Gasteiger partial charge in [0.15, 0.2) is 0 Å². The predicted molar refractivity (Wildman–Crippen MR) is 77.9 cm³/mol. The third-order valence-corrected chi connectivity index (χ3v) is 3.46. The van der Waals surface area contributed by atoms with Gasteiger partial charge in [-0.25, -0.2) is 4.79 Å². The van der Waals surface area contributed by atoms with Crippen molar-refractivity contribution in [3.63, 3.8) is 0 Å². The van der Waals surface area contributed by atoms with E-state index in [0.717, 1.165) is 11.6 Å². The SMILES string of the molecule is C=CCN1C(=O)N[C@@](NC(=O)c2ccc(C)cc2)(C(F)(F)F)C1=O. The molecule has 1 fully saturated rings. The highest BCUT2D eigenvalue weighted by Gasteiger charge is 2.68. The highest BCUT2D eigenvalue weighted by molar-refractivity contribution is 6.10. The number of nitrogens with one attached hydrogen (secondary N) is 2.